The maximum Gasteiger partial charge on any atom is 0.232 e. The topological polar surface area (TPSA) is 77.0 Å². The summed E-state index contributed by atoms with van der Waals surface area (Å²) in [6.45, 7) is 0. The quantitative estimate of drug-likeness (QED) is 0.871. The summed E-state index contributed by atoms with van der Waals surface area (Å²) in [7, 11) is 1.84. The standard InChI is InChI=1S/C12H16N4O2/c1-16-7-6-9(14-16)11-13-12(18-15-11)8-4-2-3-5-10(8)17/h6-8,10,17H,2-5H2,1H3. The zero-order chi connectivity index (χ0) is 12.5. The summed E-state index contributed by atoms with van der Waals surface area (Å²) in [4.78, 5) is 4.35. The Balaban J connectivity index is 1.84. The minimum absolute atomic E-state index is 0.0243. The van der Waals surface area contributed by atoms with Gasteiger partial charge >= 0.3 is 0 Å². The highest BCUT2D eigenvalue weighted by Gasteiger charge is 2.29. The van der Waals surface area contributed by atoms with Crippen molar-refractivity contribution in [3.8, 4) is 11.5 Å². The molecule has 0 spiro atoms. The highest BCUT2D eigenvalue weighted by molar-refractivity contribution is 5.46. The molecule has 3 rings (SSSR count). The number of aromatic nitrogens is 4. The van der Waals surface area contributed by atoms with Crippen molar-refractivity contribution in [3.05, 3.63) is 18.2 Å². The number of aryl methyl sites for hydroxylation is 1. The Morgan fingerprint density at radius 2 is 2.22 bits per heavy atom. The molecule has 1 aliphatic rings. The molecule has 2 unspecified atom stereocenters. The summed E-state index contributed by atoms with van der Waals surface area (Å²) in [6, 6.07) is 1.84. The minimum Gasteiger partial charge on any atom is -0.392 e. The predicted molar refractivity (Wildman–Crippen MR) is 63.7 cm³/mol. The molecular formula is C12H16N4O2. The first-order valence-electron chi connectivity index (χ1n) is 6.26. The van der Waals surface area contributed by atoms with Crippen molar-refractivity contribution in [3.63, 3.8) is 0 Å². The van der Waals surface area contributed by atoms with E-state index in [9.17, 15) is 5.11 Å². The van der Waals surface area contributed by atoms with Crippen molar-refractivity contribution in [2.24, 2.45) is 7.05 Å². The van der Waals surface area contributed by atoms with Crippen LogP contribution in [0.4, 0.5) is 0 Å². The molecule has 0 amide bonds. The predicted octanol–water partition coefficient (Wildman–Crippen LogP) is 1.49. The second-order valence-electron chi connectivity index (χ2n) is 4.79. The van der Waals surface area contributed by atoms with Crippen LogP contribution in [0.25, 0.3) is 11.5 Å². The summed E-state index contributed by atoms with van der Waals surface area (Å²) in [5.74, 6) is 0.995. The van der Waals surface area contributed by atoms with Crippen LogP contribution >= 0.6 is 0 Å². The van der Waals surface area contributed by atoms with Gasteiger partial charge in [-0.1, -0.05) is 18.0 Å². The molecule has 18 heavy (non-hydrogen) atoms. The third-order valence-corrected chi connectivity index (χ3v) is 3.43. The SMILES string of the molecule is Cn1ccc(-c2noc(C3CCCCC3O)n2)n1. The Kier molecular flexibility index (Phi) is 2.87. The first-order chi connectivity index (χ1) is 8.74. The molecule has 0 aliphatic heterocycles. The van der Waals surface area contributed by atoms with Gasteiger partial charge in [0.15, 0.2) is 0 Å². The number of aliphatic hydroxyl groups excluding tert-OH is 1. The van der Waals surface area contributed by atoms with Crippen LogP contribution in [0.5, 0.6) is 0 Å². The van der Waals surface area contributed by atoms with Gasteiger partial charge in [-0.15, -0.1) is 0 Å². The van der Waals surface area contributed by atoms with Gasteiger partial charge in [0.25, 0.3) is 0 Å². The van der Waals surface area contributed by atoms with E-state index < -0.39 is 0 Å². The zero-order valence-corrected chi connectivity index (χ0v) is 10.3. The molecule has 1 saturated carbocycles. The van der Waals surface area contributed by atoms with E-state index in [1.807, 2.05) is 19.3 Å². The van der Waals surface area contributed by atoms with Gasteiger partial charge in [0, 0.05) is 13.2 Å². The first-order valence-corrected chi connectivity index (χ1v) is 6.26. The second kappa shape index (κ2) is 4.53. The van der Waals surface area contributed by atoms with Crippen molar-refractivity contribution in [2.45, 2.75) is 37.7 Å². The van der Waals surface area contributed by atoms with Crippen LogP contribution in [0, 0.1) is 0 Å². The van der Waals surface area contributed by atoms with E-state index in [2.05, 4.69) is 15.2 Å². The molecule has 6 nitrogen and oxygen atoms in total. The molecule has 1 fully saturated rings. The van der Waals surface area contributed by atoms with Crippen molar-refractivity contribution in [2.75, 3.05) is 0 Å². The summed E-state index contributed by atoms with van der Waals surface area (Å²) < 4.78 is 6.96. The molecule has 0 radical (unpaired) electrons. The molecule has 2 aromatic heterocycles. The summed E-state index contributed by atoms with van der Waals surface area (Å²) in [6.07, 6.45) is 5.36. The third-order valence-electron chi connectivity index (χ3n) is 3.43. The van der Waals surface area contributed by atoms with E-state index in [4.69, 9.17) is 4.52 Å². The van der Waals surface area contributed by atoms with Crippen molar-refractivity contribution < 1.29 is 9.63 Å². The molecule has 2 atom stereocenters. The van der Waals surface area contributed by atoms with Crippen LogP contribution in [0.3, 0.4) is 0 Å². The number of rotatable bonds is 2. The fourth-order valence-electron chi connectivity index (χ4n) is 2.42. The van der Waals surface area contributed by atoms with E-state index in [1.165, 1.54) is 0 Å². The van der Waals surface area contributed by atoms with E-state index in [-0.39, 0.29) is 12.0 Å². The average Bonchev–Trinajstić information content (AvgIpc) is 2.98. The number of nitrogens with zero attached hydrogens (tertiary/aromatic N) is 4. The lowest BCUT2D eigenvalue weighted by atomic mass is 9.86. The van der Waals surface area contributed by atoms with E-state index in [1.54, 1.807) is 4.68 Å². The van der Waals surface area contributed by atoms with Crippen LogP contribution in [-0.2, 0) is 7.05 Å². The largest absolute Gasteiger partial charge is 0.392 e. The van der Waals surface area contributed by atoms with Crippen LogP contribution in [0.2, 0.25) is 0 Å². The summed E-state index contributed by atoms with van der Waals surface area (Å²) >= 11 is 0. The van der Waals surface area contributed by atoms with Crippen LogP contribution < -0.4 is 0 Å². The maximum atomic E-state index is 9.96. The molecule has 2 aromatic rings. The Labute approximate surface area is 105 Å². The molecule has 96 valence electrons. The lowest BCUT2D eigenvalue weighted by Crippen LogP contribution is -2.22. The van der Waals surface area contributed by atoms with Crippen molar-refractivity contribution >= 4 is 0 Å². The lowest BCUT2D eigenvalue weighted by molar-refractivity contribution is 0.0908. The molecule has 1 N–H and O–H groups in total. The fraction of sp³-hybridized carbons (Fsp3) is 0.583. The highest BCUT2D eigenvalue weighted by atomic mass is 16.5. The van der Waals surface area contributed by atoms with E-state index >= 15 is 0 Å². The summed E-state index contributed by atoms with van der Waals surface area (Å²) in [5.41, 5.74) is 0.692. The van der Waals surface area contributed by atoms with Gasteiger partial charge in [0.2, 0.25) is 11.7 Å². The first kappa shape index (κ1) is 11.4. The minimum atomic E-state index is -0.365. The number of hydrogen-bond donors (Lipinski definition) is 1. The van der Waals surface area contributed by atoms with E-state index in [0.29, 0.717) is 17.4 Å². The third kappa shape index (κ3) is 2.03. The van der Waals surface area contributed by atoms with Crippen LogP contribution in [0.15, 0.2) is 16.8 Å². The normalized spacial score (nSPS) is 24.3. The Hall–Kier alpha value is -1.69. The highest BCUT2D eigenvalue weighted by Crippen LogP contribution is 2.32. The molecule has 2 heterocycles. The van der Waals surface area contributed by atoms with Gasteiger partial charge in [0.05, 0.1) is 12.0 Å². The number of hydrogen-bond acceptors (Lipinski definition) is 5. The maximum absolute atomic E-state index is 9.96. The van der Waals surface area contributed by atoms with E-state index in [0.717, 1.165) is 25.7 Å². The van der Waals surface area contributed by atoms with Gasteiger partial charge in [-0.05, 0) is 18.9 Å². The Bertz CT molecular complexity index is 534. The van der Waals surface area contributed by atoms with Gasteiger partial charge in [0.1, 0.15) is 5.69 Å². The molecule has 1 aliphatic carbocycles. The summed E-state index contributed by atoms with van der Waals surface area (Å²) in [5, 5.41) is 18.1. The van der Waals surface area contributed by atoms with Gasteiger partial charge in [-0.2, -0.15) is 10.1 Å². The smallest absolute Gasteiger partial charge is 0.232 e. The second-order valence-corrected chi connectivity index (χ2v) is 4.79. The molecule has 0 saturated heterocycles. The zero-order valence-electron chi connectivity index (χ0n) is 10.3. The average molecular weight is 248 g/mol. The van der Waals surface area contributed by atoms with Gasteiger partial charge in [-0.3, -0.25) is 4.68 Å². The molecule has 6 heteroatoms. The lowest BCUT2D eigenvalue weighted by Gasteiger charge is -2.23. The molecule has 0 aromatic carbocycles. The monoisotopic (exact) mass is 248 g/mol. The van der Waals surface area contributed by atoms with Crippen molar-refractivity contribution in [1.29, 1.82) is 0 Å². The van der Waals surface area contributed by atoms with Crippen LogP contribution in [-0.4, -0.2) is 31.1 Å². The Morgan fingerprint density at radius 3 is 2.94 bits per heavy atom. The van der Waals surface area contributed by atoms with Gasteiger partial charge in [-0.25, -0.2) is 0 Å². The molecule has 0 bridgehead atoms. The number of aliphatic hydroxyl groups is 1. The molecular weight excluding hydrogens is 232 g/mol. The van der Waals surface area contributed by atoms with Crippen molar-refractivity contribution in [1.82, 2.24) is 19.9 Å². The van der Waals surface area contributed by atoms with Crippen LogP contribution in [0.1, 0.15) is 37.5 Å². The Morgan fingerprint density at radius 1 is 1.39 bits per heavy atom. The van der Waals surface area contributed by atoms with Gasteiger partial charge < -0.3 is 9.63 Å². The fourth-order valence-corrected chi connectivity index (χ4v) is 2.42.